The Bertz CT molecular complexity index is 349. The van der Waals surface area contributed by atoms with E-state index in [2.05, 4.69) is 69.0 Å². The highest BCUT2D eigenvalue weighted by Crippen LogP contribution is 2.13. The second kappa shape index (κ2) is 9.44. The number of hydrogen-bond donors (Lipinski definition) is 1. The van der Waals surface area contributed by atoms with Crippen LogP contribution in [-0.2, 0) is 6.42 Å². The summed E-state index contributed by atoms with van der Waals surface area (Å²) >= 11 is 2.08. The van der Waals surface area contributed by atoms with Crippen LogP contribution in [0.25, 0.3) is 0 Å². The molecule has 0 aliphatic heterocycles. The molecule has 1 unspecified atom stereocenters. The predicted octanol–water partition coefficient (Wildman–Crippen LogP) is 4.29. The number of aryl methyl sites for hydroxylation is 1. The molecule has 0 saturated carbocycles. The van der Waals surface area contributed by atoms with Gasteiger partial charge in [0.2, 0.25) is 0 Å². The Morgan fingerprint density at radius 2 is 2.00 bits per heavy atom. The third kappa shape index (κ3) is 7.64. The summed E-state index contributed by atoms with van der Waals surface area (Å²) in [4.78, 5) is 0. The van der Waals surface area contributed by atoms with Crippen molar-refractivity contribution < 1.29 is 0 Å². The van der Waals surface area contributed by atoms with Crippen LogP contribution in [0.3, 0.4) is 0 Å². The van der Waals surface area contributed by atoms with Gasteiger partial charge in [0.05, 0.1) is 0 Å². The number of thioether (sulfide) groups is 1. The highest BCUT2D eigenvalue weighted by atomic mass is 32.2. The van der Waals surface area contributed by atoms with Crippen molar-refractivity contribution in [3.63, 3.8) is 0 Å². The van der Waals surface area contributed by atoms with Crippen molar-refractivity contribution in [1.29, 1.82) is 0 Å². The van der Waals surface area contributed by atoms with E-state index in [4.69, 9.17) is 0 Å². The van der Waals surface area contributed by atoms with E-state index < -0.39 is 0 Å². The van der Waals surface area contributed by atoms with Gasteiger partial charge in [-0.1, -0.05) is 50.6 Å². The topological polar surface area (TPSA) is 12.0 Å². The summed E-state index contributed by atoms with van der Waals surface area (Å²) in [5, 5.41) is 3.69. The molecule has 0 spiro atoms. The fourth-order valence-electron chi connectivity index (χ4n) is 2.11. The van der Waals surface area contributed by atoms with Crippen molar-refractivity contribution in [2.24, 2.45) is 5.92 Å². The zero-order chi connectivity index (χ0) is 14.1. The second-order valence-electron chi connectivity index (χ2n) is 5.78. The van der Waals surface area contributed by atoms with Crippen molar-refractivity contribution in [3.8, 4) is 0 Å². The SMILES string of the molecule is CCCNC(CSCC(C)C)Cc1cccc(C)c1. The molecule has 1 aromatic carbocycles. The summed E-state index contributed by atoms with van der Waals surface area (Å²) in [5.74, 6) is 3.26. The third-order valence-corrected chi connectivity index (χ3v) is 4.56. The van der Waals surface area contributed by atoms with Crippen LogP contribution in [-0.4, -0.2) is 24.1 Å². The maximum absolute atomic E-state index is 3.69. The van der Waals surface area contributed by atoms with E-state index >= 15 is 0 Å². The molecule has 1 rings (SSSR count). The lowest BCUT2D eigenvalue weighted by atomic mass is 10.0. The molecule has 108 valence electrons. The van der Waals surface area contributed by atoms with E-state index in [9.17, 15) is 0 Å². The lowest BCUT2D eigenvalue weighted by Gasteiger charge is -2.19. The normalized spacial score (nSPS) is 12.9. The molecule has 0 heterocycles. The quantitative estimate of drug-likeness (QED) is 0.723. The second-order valence-corrected chi connectivity index (χ2v) is 6.85. The van der Waals surface area contributed by atoms with Gasteiger partial charge in [-0.15, -0.1) is 0 Å². The van der Waals surface area contributed by atoms with Gasteiger partial charge in [-0.2, -0.15) is 11.8 Å². The zero-order valence-electron chi connectivity index (χ0n) is 12.9. The van der Waals surface area contributed by atoms with Crippen LogP contribution in [0.2, 0.25) is 0 Å². The van der Waals surface area contributed by atoms with E-state index in [1.165, 1.54) is 29.1 Å². The van der Waals surface area contributed by atoms with E-state index in [1.54, 1.807) is 0 Å². The van der Waals surface area contributed by atoms with Crippen LogP contribution >= 0.6 is 11.8 Å². The molecule has 2 heteroatoms. The number of benzene rings is 1. The fraction of sp³-hybridized carbons (Fsp3) is 0.647. The predicted molar refractivity (Wildman–Crippen MR) is 89.1 cm³/mol. The molecular formula is C17H29NS. The van der Waals surface area contributed by atoms with Crippen molar-refractivity contribution >= 4 is 11.8 Å². The first kappa shape index (κ1) is 16.6. The van der Waals surface area contributed by atoms with E-state index in [1.807, 2.05) is 0 Å². The standard InChI is InChI=1S/C17H29NS/c1-5-9-18-17(13-19-12-14(2)3)11-16-8-6-7-15(4)10-16/h6-8,10,14,17-18H,5,9,11-13H2,1-4H3. The van der Waals surface area contributed by atoms with Gasteiger partial charge >= 0.3 is 0 Å². The van der Waals surface area contributed by atoms with Gasteiger partial charge in [-0.25, -0.2) is 0 Å². The van der Waals surface area contributed by atoms with Crippen LogP contribution in [0, 0.1) is 12.8 Å². The highest BCUT2D eigenvalue weighted by Gasteiger charge is 2.09. The van der Waals surface area contributed by atoms with Crippen LogP contribution in [0.15, 0.2) is 24.3 Å². The summed E-state index contributed by atoms with van der Waals surface area (Å²) < 4.78 is 0. The van der Waals surface area contributed by atoms with Gasteiger partial charge in [0.25, 0.3) is 0 Å². The molecule has 1 aromatic rings. The number of nitrogens with one attached hydrogen (secondary N) is 1. The van der Waals surface area contributed by atoms with Gasteiger partial charge in [-0.05, 0) is 43.5 Å². The van der Waals surface area contributed by atoms with E-state index in [-0.39, 0.29) is 0 Å². The maximum atomic E-state index is 3.69. The molecule has 0 aliphatic rings. The molecule has 0 aliphatic carbocycles. The zero-order valence-corrected chi connectivity index (χ0v) is 13.7. The highest BCUT2D eigenvalue weighted by molar-refractivity contribution is 7.99. The molecule has 1 atom stereocenters. The molecule has 0 bridgehead atoms. The van der Waals surface area contributed by atoms with Gasteiger partial charge < -0.3 is 5.32 Å². The molecule has 0 aromatic heterocycles. The molecule has 0 saturated heterocycles. The van der Waals surface area contributed by atoms with Crippen molar-refractivity contribution in [1.82, 2.24) is 5.32 Å². The van der Waals surface area contributed by atoms with Crippen molar-refractivity contribution in [3.05, 3.63) is 35.4 Å². The summed E-state index contributed by atoms with van der Waals surface area (Å²) in [7, 11) is 0. The largest absolute Gasteiger partial charge is 0.313 e. The van der Waals surface area contributed by atoms with E-state index in [0.717, 1.165) is 18.9 Å². The van der Waals surface area contributed by atoms with Crippen LogP contribution < -0.4 is 5.32 Å². The molecule has 1 N–H and O–H groups in total. The first-order valence-corrected chi connectivity index (χ1v) is 8.64. The average molecular weight is 279 g/mol. The number of rotatable bonds is 9. The van der Waals surface area contributed by atoms with Gasteiger partial charge in [0, 0.05) is 11.8 Å². The molecule has 0 radical (unpaired) electrons. The Morgan fingerprint density at radius 1 is 1.21 bits per heavy atom. The van der Waals surface area contributed by atoms with Gasteiger partial charge in [0.1, 0.15) is 0 Å². The molecule has 1 nitrogen and oxygen atoms in total. The first-order valence-electron chi connectivity index (χ1n) is 7.48. The summed E-state index contributed by atoms with van der Waals surface area (Å²) in [6, 6.07) is 9.51. The minimum Gasteiger partial charge on any atom is -0.313 e. The Kier molecular flexibility index (Phi) is 8.24. The smallest absolute Gasteiger partial charge is 0.0198 e. The van der Waals surface area contributed by atoms with Crippen LogP contribution in [0.5, 0.6) is 0 Å². The maximum Gasteiger partial charge on any atom is 0.0198 e. The Labute approximate surface area is 123 Å². The van der Waals surface area contributed by atoms with Gasteiger partial charge in [-0.3, -0.25) is 0 Å². The fourth-order valence-corrected chi connectivity index (χ4v) is 3.24. The summed E-state index contributed by atoms with van der Waals surface area (Å²) in [5.41, 5.74) is 2.82. The lowest BCUT2D eigenvalue weighted by molar-refractivity contribution is 0.549. The Balaban J connectivity index is 2.48. The van der Waals surface area contributed by atoms with Crippen LogP contribution in [0.1, 0.15) is 38.3 Å². The number of hydrogen-bond acceptors (Lipinski definition) is 2. The van der Waals surface area contributed by atoms with Crippen molar-refractivity contribution in [2.45, 2.75) is 46.6 Å². The Hall–Kier alpha value is -0.470. The van der Waals surface area contributed by atoms with Crippen molar-refractivity contribution in [2.75, 3.05) is 18.1 Å². The molecular weight excluding hydrogens is 250 g/mol. The van der Waals surface area contributed by atoms with Crippen LogP contribution in [0.4, 0.5) is 0 Å². The monoisotopic (exact) mass is 279 g/mol. The molecule has 0 fully saturated rings. The van der Waals surface area contributed by atoms with E-state index in [0.29, 0.717) is 6.04 Å². The molecule has 0 amide bonds. The molecule has 19 heavy (non-hydrogen) atoms. The summed E-state index contributed by atoms with van der Waals surface area (Å²) in [6.07, 6.45) is 2.35. The first-order chi connectivity index (χ1) is 9.11. The third-order valence-electron chi connectivity index (χ3n) is 3.02. The lowest BCUT2D eigenvalue weighted by Crippen LogP contribution is -2.34. The average Bonchev–Trinajstić information content (AvgIpc) is 2.35. The van der Waals surface area contributed by atoms with Gasteiger partial charge in [0.15, 0.2) is 0 Å². The minimum atomic E-state index is 0.602. The minimum absolute atomic E-state index is 0.602. The Morgan fingerprint density at radius 3 is 2.63 bits per heavy atom. The summed E-state index contributed by atoms with van der Waals surface area (Å²) in [6.45, 7) is 10.1.